The molecule has 0 bridgehead atoms. The van der Waals surface area contributed by atoms with Gasteiger partial charge in [0.05, 0.1) is 5.01 Å². The SMILES string of the molecule is Cc1csc(CCC(=O)c2ccc(N(C)C)cc2)n1. The van der Waals surface area contributed by atoms with E-state index in [4.69, 9.17) is 0 Å². The standard InChI is InChI=1S/C15H18N2OS/c1-11-10-19-15(16-11)9-8-14(18)12-4-6-13(7-5-12)17(2)3/h4-7,10H,8-9H2,1-3H3. The van der Waals surface area contributed by atoms with Gasteiger partial charge in [0.25, 0.3) is 0 Å². The zero-order valence-corrected chi connectivity index (χ0v) is 12.3. The van der Waals surface area contributed by atoms with Gasteiger partial charge in [-0.3, -0.25) is 4.79 Å². The van der Waals surface area contributed by atoms with Gasteiger partial charge in [0.15, 0.2) is 5.78 Å². The lowest BCUT2D eigenvalue weighted by atomic mass is 10.1. The normalized spacial score (nSPS) is 10.5. The first-order valence-electron chi connectivity index (χ1n) is 6.28. The molecule has 19 heavy (non-hydrogen) atoms. The molecule has 1 aromatic carbocycles. The second-order valence-electron chi connectivity index (χ2n) is 4.75. The Bertz CT molecular complexity index is 558. The summed E-state index contributed by atoms with van der Waals surface area (Å²) >= 11 is 1.62. The van der Waals surface area contributed by atoms with E-state index in [9.17, 15) is 4.79 Å². The van der Waals surface area contributed by atoms with Crippen LogP contribution in [0.2, 0.25) is 0 Å². The molecule has 0 atom stereocenters. The first-order chi connectivity index (χ1) is 9.06. The number of aromatic nitrogens is 1. The Morgan fingerprint density at radius 1 is 1.26 bits per heavy atom. The highest BCUT2D eigenvalue weighted by molar-refractivity contribution is 7.09. The van der Waals surface area contributed by atoms with Crippen LogP contribution in [0.1, 0.15) is 27.5 Å². The van der Waals surface area contributed by atoms with Gasteiger partial charge in [-0.25, -0.2) is 4.98 Å². The highest BCUT2D eigenvalue weighted by atomic mass is 32.1. The van der Waals surface area contributed by atoms with Crippen LogP contribution in [0, 0.1) is 6.92 Å². The molecule has 0 saturated heterocycles. The average molecular weight is 274 g/mol. The first kappa shape index (κ1) is 13.7. The van der Waals surface area contributed by atoms with E-state index in [1.807, 2.05) is 55.6 Å². The Labute approximate surface area is 117 Å². The van der Waals surface area contributed by atoms with Crippen LogP contribution >= 0.6 is 11.3 Å². The molecule has 0 amide bonds. The Morgan fingerprint density at radius 2 is 1.95 bits per heavy atom. The van der Waals surface area contributed by atoms with E-state index in [-0.39, 0.29) is 5.78 Å². The third-order valence-electron chi connectivity index (χ3n) is 2.94. The molecule has 2 rings (SSSR count). The van der Waals surface area contributed by atoms with Crippen molar-refractivity contribution in [1.29, 1.82) is 0 Å². The summed E-state index contributed by atoms with van der Waals surface area (Å²) in [6.07, 6.45) is 1.25. The fourth-order valence-corrected chi connectivity index (χ4v) is 2.60. The highest BCUT2D eigenvalue weighted by Gasteiger charge is 2.08. The van der Waals surface area contributed by atoms with Crippen LogP contribution in [-0.4, -0.2) is 24.9 Å². The van der Waals surface area contributed by atoms with Crippen molar-refractivity contribution in [3.05, 3.63) is 45.9 Å². The lowest BCUT2D eigenvalue weighted by molar-refractivity contribution is 0.0983. The fraction of sp³-hybridized carbons (Fsp3) is 0.333. The van der Waals surface area contributed by atoms with Gasteiger partial charge in [-0.15, -0.1) is 11.3 Å². The van der Waals surface area contributed by atoms with Gasteiger partial charge in [0.1, 0.15) is 0 Å². The smallest absolute Gasteiger partial charge is 0.163 e. The van der Waals surface area contributed by atoms with Crippen molar-refractivity contribution in [2.75, 3.05) is 19.0 Å². The van der Waals surface area contributed by atoms with E-state index in [1.54, 1.807) is 11.3 Å². The molecule has 100 valence electrons. The van der Waals surface area contributed by atoms with Crippen LogP contribution in [0.3, 0.4) is 0 Å². The number of thiazole rings is 1. The van der Waals surface area contributed by atoms with Gasteiger partial charge in [-0.2, -0.15) is 0 Å². The van der Waals surface area contributed by atoms with Crippen molar-refractivity contribution < 1.29 is 4.79 Å². The van der Waals surface area contributed by atoms with E-state index in [1.165, 1.54) is 0 Å². The summed E-state index contributed by atoms with van der Waals surface area (Å²) in [5.74, 6) is 0.179. The zero-order valence-electron chi connectivity index (χ0n) is 11.5. The summed E-state index contributed by atoms with van der Waals surface area (Å²) in [6, 6.07) is 7.73. The molecule has 0 unspecified atom stereocenters. The average Bonchev–Trinajstić information content (AvgIpc) is 2.82. The van der Waals surface area contributed by atoms with Crippen molar-refractivity contribution in [2.45, 2.75) is 19.8 Å². The number of aryl methyl sites for hydroxylation is 2. The molecule has 2 aromatic rings. The van der Waals surface area contributed by atoms with Gasteiger partial charge < -0.3 is 4.90 Å². The number of hydrogen-bond acceptors (Lipinski definition) is 4. The van der Waals surface area contributed by atoms with Crippen molar-refractivity contribution in [3.63, 3.8) is 0 Å². The van der Waals surface area contributed by atoms with Crippen molar-refractivity contribution >= 4 is 22.8 Å². The van der Waals surface area contributed by atoms with E-state index >= 15 is 0 Å². The summed E-state index contributed by atoms with van der Waals surface area (Å²) in [6.45, 7) is 1.97. The van der Waals surface area contributed by atoms with Gasteiger partial charge in [-0.1, -0.05) is 0 Å². The molecule has 0 spiro atoms. The van der Waals surface area contributed by atoms with E-state index in [0.717, 1.165) is 28.4 Å². The number of nitrogens with zero attached hydrogens (tertiary/aromatic N) is 2. The summed E-state index contributed by atoms with van der Waals surface area (Å²) in [5.41, 5.74) is 2.91. The monoisotopic (exact) mass is 274 g/mol. The maximum Gasteiger partial charge on any atom is 0.163 e. The Balaban J connectivity index is 1.96. The lowest BCUT2D eigenvalue weighted by Crippen LogP contribution is -2.09. The predicted molar refractivity (Wildman–Crippen MR) is 80.3 cm³/mol. The van der Waals surface area contributed by atoms with Gasteiger partial charge in [-0.05, 0) is 31.2 Å². The maximum absolute atomic E-state index is 12.1. The van der Waals surface area contributed by atoms with E-state index in [2.05, 4.69) is 4.98 Å². The van der Waals surface area contributed by atoms with Crippen LogP contribution in [0.5, 0.6) is 0 Å². The largest absolute Gasteiger partial charge is 0.378 e. The molecule has 0 aliphatic carbocycles. The van der Waals surface area contributed by atoms with Crippen LogP contribution < -0.4 is 4.90 Å². The molecule has 0 N–H and O–H groups in total. The Hall–Kier alpha value is -1.68. The Kier molecular flexibility index (Phi) is 4.32. The minimum absolute atomic E-state index is 0.179. The number of rotatable bonds is 5. The topological polar surface area (TPSA) is 33.2 Å². The van der Waals surface area contributed by atoms with Gasteiger partial charge in [0, 0.05) is 49.3 Å². The number of Topliss-reactive ketones (excluding diaryl/α,β-unsaturated/α-hetero) is 1. The van der Waals surface area contributed by atoms with Crippen LogP contribution in [-0.2, 0) is 6.42 Å². The van der Waals surface area contributed by atoms with Crippen LogP contribution in [0.25, 0.3) is 0 Å². The minimum Gasteiger partial charge on any atom is -0.378 e. The molecular formula is C15H18N2OS. The molecule has 4 heteroatoms. The molecule has 1 aromatic heterocycles. The molecule has 0 radical (unpaired) electrons. The highest BCUT2D eigenvalue weighted by Crippen LogP contribution is 2.16. The second kappa shape index (κ2) is 5.97. The summed E-state index contributed by atoms with van der Waals surface area (Å²) < 4.78 is 0. The fourth-order valence-electron chi connectivity index (χ4n) is 1.83. The number of anilines is 1. The molecule has 0 aliphatic heterocycles. The van der Waals surface area contributed by atoms with Gasteiger partial charge >= 0.3 is 0 Å². The van der Waals surface area contributed by atoms with Crippen molar-refractivity contribution in [1.82, 2.24) is 4.98 Å². The third kappa shape index (κ3) is 3.64. The number of hydrogen-bond donors (Lipinski definition) is 0. The number of benzene rings is 1. The number of carbonyl (C=O) groups excluding carboxylic acids is 1. The summed E-state index contributed by atoms with van der Waals surface area (Å²) in [5, 5.41) is 3.06. The third-order valence-corrected chi connectivity index (χ3v) is 3.96. The Morgan fingerprint density at radius 3 is 2.47 bits per heavy atom. The predicted octanol–water partition coefficient (Wildman–Crippen LogP) is 3.33. The maximum atomic E-state index is 12.1. The van der Waals surface area contributed by atoms with Crippen LogP contribution in [0.15, 0.2) is 29.6 Å². The molecule has 1 heterocycles. The van der Waals surface area contributed by atoms with Crippen molar-refractivity contribution in [3.8, 4) is 0 Å². The quantitative estimate of drug-likeness (QED) is 0.784. The van der Waals surface area contributed by atoms with Crippen LogP contribution in [0.4, 0.5) is 5.69 Å². The molecule has 0 fully saturated rings. The lowest BCUT2D eigenvalue weighted by Gasteiger charge is -2.12. The summed E-state index contributed by atoms with van der Waals surface area (Å²) in [7, 11) is 3.98. The molecule has 0 saturated carbocycles. The number of ketones is 1. The van der Waals surface area contributed by atoms with E-state index in [0.29, 0.717) is 6.42 Å². The minimum atomic E-state index is 0.179. The zero-order chi connectivity index (χ0) is 13.8. The van der Waals surface area contributed by atoms with Gasteiger partial charge in [0.2, 0.25) is 0 Å². The summed E-state index contributed by atoms with van der Waals surface area (Å²) in [4.78, 5) is 18.5. The molecule has 0 aliphatic rings. The first-order valence-corrected chi connectivity index (χ1v) is 7.16. The van der Waals surface area contributed by atoms with Crippen molar-refractivity contribution in [2.24, 2.45) is 0 Å². The van der Waals surface area contributed by atoms with E-state index < -0.39 is 0 Å². The second-order valence-corrected chi connectivity index (χ2v) is 5.69. The number of carbonyl (C=O) groups is 1. The molecule has 3 nitrogen and oxygen atoms in total. The molecular weight excluding hydrogens is 256 g/mol.